The Hall–Kier alpha value is -3.27. The number of hydrogen-bond acceptors (Lipinski definition) is 3. The van der Waals surface area contributed by atoms with E-state index >= 15 is 0 Å². The zero-order chi connectivity index (χ0) is 20.2. The average Bonchev–Trinajstić information content (AvgIpc) is 3.11. The number of nitrogens with one attached hydrogen (secondary N) is 1. The Kier molecular flexibility index (Phi) is 5.52. The molecule has 1 heterocycles. The molecule has 0 bridgehead atoms. The third kappa shape index (κ3) is 4.60. The van der Waals surface area contributed by atoms with E-state index in [1.807, 2.05) is 50.2 Å². The van der Waals surface area contributed by atoms with E-state index in [2.05, 4.69) is 46.6 Å². The van der Waals surface area contributed by atoms with Crippen molar-refractivity contribution in [3.8, 4) is 0 Å². The fourth-order valence-corrected chi connectivity index (χ4v) is 3.73. The van der Waals surface area contributed by atoms with Crippen molar-refractivity contribution < 1.29 is 9.53 Å². The van der Waals surface area contributed by atoms with Gasteiger partial charge in [-0.05, 0) is 55.2 Å². The second-order valence-electron chi connectivity index (χ2n) is 7.58. The number of fused-ring (bicyclic) bond motifs is 1. The summed E-state index contributed by atoms with van der Waals surface area (Å²) in [5.74, 6) is 0. The summed E-state index contributed by atoms with van der Waals surface area (Å²) in [6.07, 6.45) is 0.246. The third-order valence-corrected chi connectivity index (χ3v) is 5.36. The largest absolute Gasteiger partial charge is 0.441 e. The van der Waals surface area contributed by atoms with Crippen molar-refractivity contribution in [2.75, 3.05) is 16.8 Å². The van der Waals surface area contributed by atoms with Crippen molar-refractivity contribution in [2.24, 2.45) is 0 Å². The van der Waals surface area contributed by atoms with E-state index in [1.165, 1.54) is 22.4 Å². The second-order valence-corrected chi connectivity index (χ2v) is 7.58. The molecule has 1 amide bonds. The molecule has 0 spiro atoms. The van der Waals surface area contributed by atoms with Crippen LogP contribution in [0.4, 0.5) is 16.2 Å². The minimum Gasteiger partial charge on any atom is -0.441 e. The van der Waals surface area contributed by atoms with Gasteiger partial charge in [0, 0.05) is 24.5 Å². The highest BCUT2D eigenvalue weighted by Crippen LogP contribution is 2.31. The minimum atomic E-state index is -0.433. The van der Waals surface area contributed by atoms with E-state index < -0.39 is 6.09 Å². The SMILES string of the molecule is Cc1ccc(C(C)OC(=O)Nc2ccc3c(c2)CCN3Cc2ccccc2)cc1. The number of rotatable bonds is 5. The summed E-state index contributed by atoms with van der Waals surface area (Å²) in [5.41, 5.74) is 6.73. The van der Waals surface area contributed by atoms with Gasteiger partial charge in [-0.1, -0.05) is 60.2 Å². The molecular formula is C25H26N2O2. The van der Waals surface area contributed by atoms with E-state index in [9.17, 15) is 4.79 Å². The lowest BCUT2D eigenvalue weighted by Gasteiger charge is -2.20. The first-order valence-electron chi connectivity index (χ1n) is 10.0. The molecule has 1 atom stereocenters. The Morgan fingerprint density at radius 2 is 1.83 bits per heavy atom. The summed E-state index contributed by atoms with van der Waals surface area (Å²) >= 11 is 0. The maximum Gasteiger partial charge on any atom is 0.412 e. The number of aryl methyl sites for hydroxylation is 1. The minimum absolute atomic E-state index is 0.300. The normalized spacial score (nSPS) is 13.7. The summed E-state index contributed by atoms with van der Waals surface area (Å²) in [7, 11) is 0. The van der Waals surface area contributed by atoms with Crippen molar-refractivity contribution >= 4 is 17.5 Å². The third-order valence-electron chi connectivity index (χ3n) is 5.36. The van der Waals surface area contributed by atoms with Crippen molar-refractivity contribution in [1.82, 2.24) is 0 Å². The van der Waals surface area contributed by atoms with Gasteiger partial charge in [-0.15, -0.1) is 0 Å². The van der Waals surface area contributed by atoms with Gasteiger partial charge in [0.1, 0.15) is 6.10 Å². The van der Waals surface area contributed by atoms with Gasteiger partial charge in [0.15, 0.2) is 0 Å². The summed E-state index contributed by atoms with van der Waals surface area (Å²) in [6, 6.07) is 24.6. The lowest BCUT2D eigenvalue weighted by molar-refractivity contribution is 0.121. The van der Waals surface area contributed by atoms with E-state index in [0.29, 0.717) is 0 Å². The molecule has 1 unspecified atom stereocenters. The Morgan fingerprint density at radius 1 is 1.07 bits per heavy atom. The summed E-state index contributed by atoms with van der Waals surface area (Å²) in [6.45, 7) is 5.81. The van der Waals surface area contributed by atoms with E-state index in [4.69, 9.17) is 4.74 Å². The molecule has 1 aliphatic heterocycles. The predicted octanol–water partition coefficient (Wildman–Crippen LogP) is 5.87. The molecule has 4 nitrogen and oxygen atoms in total. The molecule has 3 aromatic rings. The van der Waals surface area contributed by atoms with Gasteiger partial charge in [-0.3, -0.25) is 5.32 Å². The molecule has 4 rings (SSSR count). The van der Waals surface area contributed by atoms with Crippen LogP contribution in [0.5, 0.6) is 0 Å². The first-order chi connectivity index (χ1) is 14.1. The lowest BCUT2D eigenvalue weighted by atomic mass is 10.1. The van der Waals surface area contributed by atoms with Crippen LogP contribution < -0.4 is 10.2 Å². The van der Waals surface area contributed by atoms with E-state index in [1.54, 1.807) is 0 Å². The van der Waals surface area contributed by atoms with Gasteiger partial charge >= 0.3 is 6.09 Å². The van der Waals surface area contributed by atoms with Crippen LogP contribution in [0.2, 0.25) is 0 Å². The van der Waals surface area contributed by atoms with Gasteiger partial charge in [0.2, 0.25) is 0 Å². The summed E-state index contributed by atoms with van der Waals surface area (Å²) in [4.78, 5) is 14.7. The first kappa shape index (κ1) is 19.1. The highest BCUT2D eigenvalue weighted by atomic mass is 16.6. The topological polar surface area (TPSA) is 41.6 Å². The molecule has 0 fully saturated rings. The number of carbonyl (C=O) groups excluding carboxylic acids is 1. The smallest absolute Gasteiger partial charge is 0.412 e. The molecule has 0 aromatic heterocycles. The molecule has 1 aliphatic rings. The molecular weight excluding hydrogens is 360 g/mol. The standard InChI is InChI=1S/C25H26N2O2/c1-18-8-10-21(11-9-18)19(2)29-25(28)26-23-12-13-24-22(16-23)14-15-27(24)17-20-6-4-3-5-7-20/h3-13,16,19H,14-15,17H2,1-2H3,(H,26,28). The fraction of sp³-hybridized carbons (Fsp3) is 0.240. The van der Waals surface area contributed by atoms with Crippen molar-refractivity contribution in [1.29, 1.82) is 0 Å². The van der Waals surface area contributed by atoms with Crippen LogP contribution in [-0.2, 0) is 17.7 Å². The highest BCUT2D eigenvalue weighted by Gasteiger charge is 2.20. The number of anilines is 2. The van der Waals surface area contributed by atoms with E-state index in [-0.39, 0.29) is 6.10 Å². The Bertz CT molecular complexity index is 983. The molecule has 1 N–H and O–H groups in total. The van der Waals surface area contributed by atoms with Crippen molar-refractivity contribution in [3.63, 3.8) is 0 Å². The molecule has 29 heavy (non-hydrogen) atoms. The molecule has 0 radical (unpaired) electrons. The van der Waals surface area contributed by atoms with Crippen LogP contribution in [0, 0.1) is 6.92 Å². The van der Waals surface area contributed by atoms with Crippen LogP contribution in [0.15, 0.2) is 72.8 Å². The predicted molar refractivity (Wildman–Crippen MR) is 117 cm³/mol. The fourth-order valence-electron chi connectivity index (χ4n) is 3.73. The van der Waals surface area contributed by atoms with Gasteiger partial charge in [0.25, 0.3) is 0 Å². The van der Waals surface area contributed by atoms with Gasteiger partial charge in [0.05, 0.1) is 0 Å². The maximum absolute atomic E-state index is 12.3. The van der Waals surface area contributed by atoms with Gasteiger partial charge < -0.3 is 9.64 Å². The zero-order valence-corrected chi connectivity index (χ0v) is 16.9. The summed E-state index contributed by atoms with van der Waals surface area (Å²) < 4.78 is 5.54. The number of hydrogen-bond donors (Lipinski definition) is 1. The quantitative estimate of drug-likeness (QED) is 0.596. The van der Waals surface area contributed by atoms with Crippen LogP contribution in [-0.4, -0.2) is 12.6 Å². The Labute approximate surface area is 172 Å². The number of carbonyl (C=O) groups is 1. The average molecular weight is 386 g/mol. The van der Waals surface area contributed by atoms with Crippen molar-refractivity contribution in [3.05, 3.63) is 95.1 Å². The molecule has 4 heteroatoms. The Morgan fingerprint density at radius 3 is 2.59 bits per heavy atom. The van der Waals surface area contributed by atoms with Crippen LogP contribution in [0.25, 0.3) is 0 Å². The highest BCUT2D eigenvalue weighted by molar-refractivity contribution is 5.85. The number of nitrogens with zero attached hydrogens (tertiary/aromatic N) is 1. The van der Waals surface area contributed by atoms with Gasteiger partial charge in [-0.25, -0.2) is 4.79 Å². The summed E-state index contributed by atoms with van der Waals surface area (Å²) in [5, 5.41) is 2.87. The van der Waals surface area contributed by atoms with Gasteiger partial charge in [-0.2, -0.15) is 0 Å². The number of benzene rings is 3. The van der Waals surface area contributed by atoms with Crippen LogP contribution in [0.1, 0.15) is 35.3 Å². The zero-order valence-electron chi connectivity index (χ0n) is 16.9. The lowest BCUT2D eigenvalue weighted by Crippen LogP contribution is -2.19. The molecule has 0 aliphatic carbocycles. The van der Waals surface area contributed by atoms with E-state index in [0.717, 1.165) is 30.8 Å². The molecule has 3 aromatic carbocycles. The second kappa shape index (κ2) is 8.39. The molecule has 0 saturated carbocycles. The molecule has 0 saturated heterocycles. The monoisotopic (exact) mass is 386 g/mol. The molecule has 148 valence electrons. The van der Waals surface area contributed by atoms with Crippen LogP contribution in [0.3, 0.4) is 0 Å². The van der Waals surface area contributed by atoms with Crippen LogP contribution >= 0.6 is 0 Å². The number of ether oxygens (including phenoxy) is 1. The first-order valence-corrected chi connectivity index (χ1v) is 10.0. The number of amides is 1. The maximum atomic E-state index is 12.3. The Balaban J connectivity index is 1.38. The van der Waals surface area contributed by atoms with Crippen molar-refractivity contribution in [2.45, 2.75) is 32.9 Å².